The number of para-hydroxylation sites is 1. The molecule has 0 aliphatic carbocycles. The molecule has 0 saturated carbocycles. The van der Waals surface area contributed by atoms with Gasteiger partial charge in [-0.1, -0.05) is 60.2 Å². The highest BCUT2D eigenvalue weighted by Gasteiger charge is 2.35. The van der Waals surface area contributed by atoms with E-state index in [0.29, 0.717) is 24.3 Å². The van der Waals surface area contributed by atoms with E-state index < -0.39 is 0 Å². The Labute approximate surface area is 177 Å². The molecule has 4 heteroatoms. The van der Waals surface area contributed by atoms with Crippen molar-refractivity contribution in [2.75, 3.05) is 0 Å². The number of benzene rings is 3. The number of nitrogens with one attached hydrogen (secondary N) is 1. The number of carbonyl (C=O) groups excluding carboxylic acids is 1. The first kappa shape index (κ1) is 20.0. The lowest BCUT2D eigenvalue weighted by Gasteiger charge is -2.38. The summed E-state index contributed by atoms with van der Waals surface area (Å²) >= 11 is 0. The van der Waals surface area contributed by atoms with Crippen molar-refractivity contribution in [2.45, 2.75) is 45.4 Å². The lowest BCUT2D eigenvalue weighted by atomic mass is 9.88. The van der Waals surface area contributed by atoms with Crippen molar-refractivity contribution in [3.8, 4) is 11.5 Å². The van der Waals surface area contributed by atoms with Gasteiger partial charge in [-0.05, 0) is 44.5 Å². The van der Waals surface area contributed by atoms with Gasteiger partial charge < -0.3 is 14.8 Å². The average Bonchev–Trinajstić information content (AvgIpc) is 2.73. The molecule has 1 atom stereocenters. The number of carbonyl (C=O) groups is 1. The largest absolute Gasteiger partial charge is 0.488 e. The van der Waals surface area contributed by atoms with Gasteiger partial charge in [0.05, 0.1) is 11.6 Å². The van der Waals surface area contributed by atoms with Gasteiger partial charge in [-0.15, -0.1) is 0 Å². The van der Waals surface area contributed by atoms with Gasteiger partial charge in [0.25, 0.3) is 5.91 Å². The molecule has 0 spiro atoms. The highest BCUT2D eigenvalue weighted by atomic mass is 16.5. The van der Waals surface area contributed by atoms with Crippen LogP contribution in [0, 0.1) is 6.92 Å². The number of fused-ring (bicyclic) bond motifs is 1. The van der Waals surface area contributed by atoms with E-state index in [9.17, 15) is 4.79 Å². The number of hydrogen-bond acceptors (Lipinski definition) is 3. The van der Waals surface area contributed by atoms with Crippen LogP contribution in [0.15, 0.2) is 72.8 Å². The second-order valence-corrected chi connectivity index (χ2v) is 8.40. The van der Waals surface area contributed by atoms with Crippen molar-refractivity contribution in [3.63, 3.8) is 0 Å². The fourth-order valence-electron chi connectivity index (χ4n) is 3.85. The SMILES string of the molecule is Cc1ccc2c(c1)C(NC(=O)c1ccccc1OCc1ccccc1)CC(C)(C)O2. The second-order valence-electron chi connectivity index (χ2n) is 8.40. The summed E-state index contributed by atoms with van der Waals surface area (Å²) < 4.78 is 12.1. The zero-order chi connectivity index (χ0) is 21.1. The normalized spacial score (nSPS) is 16.8. The summed E-state index contributed by atoms with van der Waals surface area (Å²) in [4.78, 5) is 13.2. The van der Waals surface area contributed by atoms with E-state index in [1.54, 1.807) is 6.07 Å². The standard InChI is InChI=1S/C26H27NO3/c1-18-13-14-24-21(15-18)22(16-26(2,3)30-24)27-25(28)20-11-7-8-12-23(20)29-17-19-9-5-4-6-10-19/h4-15,22H,16-17H2,1-3H3,(H,27,28). The predicted molar refractivity (Wildman–Crippen MR) is 118 cm³/mol. The van der Waals surface area contributed by atoms with E-state index >= 15 is 0 Å². The maximum atomic E-state index is 13.2. The van der Waals surface area contributed by atoms with Crippen LogP contribution in [0.25, 0.3) is 0 Å². The van der Waals surface area contributed by atoms with Crippen LogP contribution in [0.5, 0.6) is 11.5 Å². The van der Waals surface area contributed by atoms with Crippen LogP contribution in [0.2, 0.25) is 0 Å². The molecular weight excluding hydrogens is 374 g/mol. The third-order valence-corrected chi connectivity index (χ3v) is 5.30. The number of aryl methyl sites for hydroxylation is 1. The summed E-state index contributed by atoms with van der Waals surface area (Å²) in [7, 11) is 0. The zero-order valence-electron chi connectivity index (χ0n) is 17.6. The summed E-state index contributed by atoms with van der Waals surface area (Å²) in [5, 5.41) is 3.21. The minimum absolute atomic E-state index is 0.127. The van der Waals surface area contributed by atoms with Crippen molar-refractivity contribution in [1.29, 1.82) is 0 Å². The van der Waals surface area contributed by atoms with Crippen molar-refractivity contribution in [2.24, 2.45) is 0 Å². The quantitative estimate of drug-likeness (QED) is 0.605. The number of rotatable bonds is 5. The Morgan fingerprint density at radius 2 is 1.80 bits per heavy atom. The van der Waals surface area contributed by atoms with Crippen molar-refractivity contribution >= 4 is 5.91 Å². The van der Waals surface area contributed by atoms with E-state index in [0.717, 1.165) is 22.4 Å². The first-order valence-corrected chi connectivity index (χ1v) is 10.3. The number of ether oxygens (including phenoxy) is 2. The molecule has 1 N–H and O–H groups in total. The smallest absolute Gasteiger partial charge is 0.255 e. The highest BCUT2D eigenvalue weighted by Crippen LogP contribution is 2.40. The maximum Gasteiger partial charge on any atom is 0.255 e. The van der Waals surface area contributed by atoms with E-state index in [-0.39, 0.29) is 17.6 Å². The molecular formula is C26H27NO3. The minimum atomic E-state index is -0.358. The second kappa shape index (κ2) is 8.23. The summed E-state index contributed by atoms with van der Waals surface area (Å²) in [6.45, 7) is 6.56. The summed E-state index contributed by atoms with van der Waals surface area (Å²) in [6.07, 6.45) is 0.697. The van der Waals surface area contributed by atoms with Gasteiger partial charge >= 0.3 is 0 Å². The van der Waals surface area contributed by atoms with E-state index in [2.05, 4.69) is 11.4 Å². The Morgan fingerprint density at radius 3 is 2.60 bits per heavy atom. The molecule has 0 fully saturated rings. The van der Waals surface area contributed by atoms with Gasteiger partial charge in [-0.2, -0.15) is 0 Å². The third kappa shape index (κ3) is 4.48. The van der Waals surface area contributed by atoms with Crippen LogP contribution in [-0.2, 0) is 6.61 Å². The van der Waals surface area contributed by atoms with Gasteiger partial charge in [0.1, 0.15) is 23.7 Å². The van der Waals surface area contributed by atoms with Crippen LogP contribution < -0.4 is 14.8 Å². The molecule has 3 aromatic carbocycles. The molecule has 1 unspecified atom stereocenters. The van der Waals surface area contributed by atoms with E-state index in [1.807, 2.05) is 81.4 Å². The Morgan fingerprint density at radius 1 is 1.07 bits per heavy atom. The van der Waals surface area contributed by atoms with Gasteiger partial charge in [-0.25, -0.2) is 0 Å². The van der Waals surface area contributed by atoms with Crippen molar-refractivity contribution < 1.29 is 14.3 Å². The average molecular weight is 402 g/mol. The minimum Gasteiger partial charge on any atom is -0.488 e. The molecule has 1 aliphatic heterocycles. The summed E-state index contributed by atoms with van der Waals surface area (Å²) in [5.41, 5.74) is 3.40. The number of amides is 1. The summed E-state index contributed by atoms with van der Waals surface area (Å²) in [6, 6.07) is 23.3. The molecule has 1 heterocycles. The Kier molecular flexibility index (Phi) is 5.49. The van der Waals surface area contributed by atoms with Crippen LogP contribution in [-0.4, -0.2) is 11.5 Å². The number of hydrogen-bond donors (Lipinski definition) is 1. The fourth-order valence-corrected chi connectivity index (χ4v) is 3.85. The first-order chi connectivity index (χ1) is 14.4. The molecule has 4 rings (SSSR count). The fraction of sp³-hybridized carbons (Fsp3) is 0.269. The topological polar surface area (TPSA) is 47.6 Å². The van der Waals surface area contributed by atoms with Crippen molar-refractivity contribution in [1.82, 2.24) is 5.32 Å². The molecule has 0 aromatic heterocycles. The first-order valence-electron chi connectivity index (χ1n) is 10.3. The lowest BCUT2D eigenvalue weighted by molar-refractivity contribution is 0.0618. The molecule has 154 valence electrons. The molecule has 1 amide bonds. The summed E-state index contributed by atoms with van der Waals surface area (Å²) in [5.74, 6) is 1.26. The van der Waals surface area contributed by atoms with Crippen LogP contribution >= 0.6 is 0 Å². The Balaban J connectivity index is 1.55. The van der Waals surface area contributed by atoms with Gasteiger partial charge in [0.15, 0.2) is 0 Å². The molecule has 1 aliphatic rings. The van der Waals surface area contributed by atoms with Crippen LogP contribution in [0.3, 0.4) is 0 Å². The van der Waals surface area contributed by atoms with Crippen molar-refractivity contribution in [3.05, 3.63) is 95.1 Å². The van der Waals surface area contributed by atoms with Gasteiger partial charge in [0, 0.05) is 12.0 Å². The van der Waals surface area contributed by atoms with Crippen LogP contribution in [0.1, 0.15) is 53.4 Å². The van der Waals surface area contributed by atoms with E-state index in [4.69, 9.17) is 9.47 Å². The zero-order valence-corrected chi connectivity index (χ0v) is 17.6. The molecule has 0 bridgehead atoms. The molecule has 0 saturated heterocycles. The van der Waals surface area contributed by atoms with E-state index in [1.165, 1.54) is 0 Å². The molecule has 30 heavy (non-hydrogen) atoms. The monoisotopic (exact) mass is 401 g/mol. The Bertz CT molecular complexity index is 1040. The maximum absolute atomic E-state index is 13.2. The lowest BCUT2D eigenvalue weighted by Crippen LogP contribution is -2.41. The molecule has 4 nitrogen and oxygen atoms in total. The van der Waals surface area contributed by atoms with Crippen LogP contribution in [0.4, 0.5) is 0 Å². The Hall–Kier alpha value is -3.27. The van der Waals surface area contributed by atoms with Gasteiger partial charge in [0.2, 0.25) is 0 Å². The highest BCUT2D eigenvalue weighted by molar-refractivity contribution is 5.97. The third-order valence-electron chi connectivity index (χ3n) is 5.30. The molecule has 3 aromatic rings. The molecule has 0 radical (unpaired) electrons. The van der Waals surface area contributed by atoms with Gasteiger partial charge in [-0.3, -0.25) is 4.79 Å². The predicted octanol–water partition coefficient (Wildman–Crippen LogP) is 5.61.